The molecule has 0 aromatic heterocycles. The summed E-state index contributed by atoms with van der Waals surface area (Å²) < 4.78 is 33.7. The molecule has 1 amide bonds. The van der Waals surface area contributed by atoms with Crippen LogP contribution in [0.5, 0.6) is 5.75 Å². The van der Waals surface area contributed by atoms with E-state index >= 15 is 0 Å². The summed E-state index contributed by atoms with van der Waals surface area (Å²) in [5.74, 6) is 0.0247. The van der Waals surface area contributed by atoms with E-state index in [1.54, 1.807) is 24.3 Å². The second-order valence-electron chi connectivity index (χ2n) is 8.17. The summed E-state index contributed by atoms with van der Waals surface area (Å²) in [5, 5.41) is 2.84. The molecule has 180 valence electrons. The van der Waals surface area contributed by atoms with Crippen molar-refractivity contribution in [1.82, 2.24) is 9.21 Å². The maximum absolute atomic E-state index is 13.3. The van der Waals surface area contributed by atoms with E-state index in [1.807, 2.05) is 19.1 Å². The third-order valence-corrected chi connectivity index (χ3v) is 7.87. The zero-order valence-electron chi connectivity index (χ0n) is 19.8. The predicted octanol–water partition coefficient (Wildman–Crippen LogP) is 4.35. The minimum atomic E-state index is -3.71. The summed E-state index contributed by atoms with van der Waals surface area (Å²) in [6.45, 7) is 10.2. The second-order valence-corrected chi connectivity index (χ2v) is 10.1. The maximum atomic E-state index is 13.3. The minimum absolute atomic E-state index is 0.0959. The highest BCUT2D eigenvalue weighted by atomic mass is 32.2. The minimum Gasteiger partial charge on any atom is -0.492 e. The van der Waals surface area contributed by atoms with Gasteiger partial charge in [-0.25, -0.2) is 8.42 Å². The molecule has 1 saturated heterocycles. The summed E-state index contributed by atoms with van der Waals surface area (Å²) in [4.78, 5) is 15.2. The summed E-state index contributed by atoms with van der Waals surface area (Å²) in [6, 6.07) is 12.3. The van der Waals surface area contributed by atoms with Gasteiger partial charge in [-0.05, 0) is 68.8 Å². The van der Waals surface area contributed by atoms with E-state index in [4.69, 9.17) is 4.74 Å². The van der Waals surface area contributed by atoms with E-state index in [0.717, 1.165) is 44.5 Å². The van der Waals surface area contributed by atoms with Crippen LogP contribution < -0.4 is 10.1 Å². The molecule has 0 bridgehead atoms. The summed E-state index contributed by atoms with van der Waals surface area (Å²) in [6.07, 6.45) is 2.74. The van der Waals surface area contributed by atoms with E-state index in [-0.39, 0.29) is 10.8 Å². The fourth-order valence-electron chi connectivity index (χ4n) is 3.98. The highest BCUT2D eigenvalue weighted by Gasteiger charge is 2.29. The Bertz CT molecular complexity index is 1030. The van der Waals surface area contributed by atoms with Crippen LogP contribution >= 0.6 is 0 Å². The number of piperidine rings is 1. The van der Waals surface area contributed by atoms with Gasteiger partial charge in [-0.3, -0.25) is 9.69 Å². The van der Waals surface area contributed by atoms with Crippen LogP contribution in [0.4, 0.5) is 5.69 Å². The zero-order chi connectivity index (χ0) is 23.8. The van der Waals surface area contributed by atoms with Crippen LogP contribution in [-0.2, 0) is 16.6 Å². The third-order valence-electron chi connectivity index (χ3n) is 5.95. The van der Waals surface area contributed by atoms with Crippen LogP contribution in [0.25, 0.3) is 0 Å². The molecule has 1 aliphatic heterocycles. The SMILES string of the molecule is CCOc1ccc(NC(=O)c2ccc(CN(CC)CC)cc2)cc1S(=O)(=O)N1CCCCC1. The van der Waals surface area contributed by atoms with Crippen molar-refractivity contribution in [2.75, 3.05) is 38.1 Å². The Morgan fingerprint density at radius 1 is 1.00 bits per heavy atom. The average molecular weight is 474 g/mol. The molecule has 8 heteroatoms. The molecule has 2 aromatic rings. The van der Waals surface area contributed by atoms with Crippen molar-refractivity contribution in [3.05, 3.63) is 53.6 Å². The Labute approximate surface area is 197 Å². The van der Waals surface area contributed by atoms with E-state index < -0.39 is 10.0 Å². The molecule has 0 saturated carbocycles. The predicted molar refractivity (Wildman–Crippen MR) is 131 cm³/mol. The van der Waals surface area contributed by atoms with Gasteiger partial charge in [0.25, 0.3) is 5.91 Å². The first kappa shape index (κ1) is 25.2. The summed E-state index contributed by atoms with van der Waals surface area (Å²) >= 11 is 0. The second kappa shape index (κ2) is 11.6. The van der Waals surface area contributed by atoms with Gasteiger partial charge in [0.1, 0.15) is 10.6 Å². The first-order valence-electron chi connectivity index (χ1n) is 11.8. The van der Waals surface area contributed by atoms with Crippen LogP contribution in [0.3, 0.4) is 0 Å². The monoisotopic (exact) mass is 473 g/mol. The van der Waals surface area contributed by atoms with Crippen LogP contribution in [0.1, 0.15) is 56.0 Å². The first-order valence-corrected chi connectivity index (χ1v) is 13.2. The first-order chi connectivity index (χ1) is 15.9. The van der Waals surface area contributed by atoms with Gasteiger partial charge >= 0.3 is 0 Å². The maximum Gasteiger partial charge on any atom is 0.255 e. The lowest BCUT2D eigenvalue weighted by atomic mass is 10.1. The normalized spacial score (nSPS) is 14.9. The van der Waals surface area contributed by atoms with E-state index in [9.17, 15) is 13.2 Å². The van der Waals surface area contributed by atoms with Gasteiger partial charge in [0, 0.05) is 30.9 Å². The van der Waals surface area contributed by atoms with Gasteiger partial charge < -0.3 is 10.1 Å². The quantitative estimate of drug-likeness (QED) is 0.555. The molecule has 1 aliphatic rings. The van der Waals surface area contributed by atoms with E-state index in [0.29, 0.717) is 36.7 Å². The van der Waals surface area contributed by atoms with Crippen molar-refractivity contribution >= 4 is 21.6 Å². The molecular formula is C25H35N3O4S. The number of nitrogens with zero attached hydrogens (tertiary/aromatic N) is 2. The summed E-state index contributed by atoms with van der Waals surface area (Å²) in [7, 11) is -3.71. The number of hydrogen-bond donors (Lipinski definition) is 1. The van der Waals surface area contributed by atoms with Crippen molar-refractivity contribution in [2.24, 2.45) is 0 Å². The van der Waals surface area contributed by atoms with Crippen LogP contribution in [0.15, 0.2) is 47.4 Å². The molecule has 1 heterocycles. The van der Waals surface area contributed by atoms with Crippen molar-refractivity contribution in [1.29, 1.82) is 0 Å². The van der Waals surface area contributed by atoms with E-state index in [2.05, 4.69) is 24.1 Å². The number of anilines is 1. The molecule has 0 aliphatic carbocycles. The van der Waals surface area contributed by atoms with Crippen LogP contribution in [0, 0.1) is 0 Å². The van der Waals surface area contributed by atoms with Gasteiger partial charge in [0.15, 0.2) is 0 Å². The average Bonchev–Trinajstić information content (AvgIpc) is 2.84. The van der Waals surface area contributed by atoms with Crippen molar-refractivity contribution < 1.29 is 17.9 Å². The number of hydrogen-bond acceptors (Lipinski definition) is 5. The molecule has 1 N–H and O–H groups in total. The zero-order valence-corrected chi connectivity index (χ0v) is 20.7. The van der Waals surface area contributed by atoms with Gasteiger partial charge in [0.05, 0.1) is 6.61 Å². The molecule has 1 fully saturated rings. The molecule has 7 nitrogen and oxygen atoms in total. The molecule has 0 spiro atoms. The smallest absolute Gasteiger partial charge is 0.255 e. The van der Waals surface area contributed by atoms with Crippen molar-refractivity contribution in [2.45, 2.75) is 51.5 Å². The molecule has 2 aromatic carbocycles. The summed E-state index contributed by atoms with van der Waals surface area (Å²) in [5.41, 5.74) is 2.09. The number of amides is 1. The van der Waals surface area contributed by atoms with Crippen molar-refractivity contribution in [3.63, 3.8) is 0 Å². The largest absolute Gasteiger partial charge is 0.492 e. The van der Waals surface area contributed by atoms with Gasteiger partial charge in [-0.2, -0.15) is 4.31 Å². The number of carbonyl (C=O) groups excluding carboxylic acids is 1. The molecule has 0 radical (unpaired) electrons. The lowest BCUT2D eigenvalue weighted by Gasteiger charge is -2.27. The number of sulfonamides is 1. The number of carbonyl (C=O) groups is 1. The number of rotatable bonds is 10. The van der Waals surface area contributed by atoms with Crippen molar-refractivity contribution in [3.8, 4) is 5.75 Å². The lowest BCUT2D eigenvalue weighted by molar-refractivity contribution is 0.102. The standard InChI is InChI=1S/C25H35N3O4S/c1-4-27(5-2)19-20-10-12-21(13-11-20)25(29)26-22-14-15-23(32-6-3)24(18-22)33(30,31)28-16-8-7-9-17-28/h10-15,18H,4-9,16-17,19H2,1-3H3,(H,26,29). The molecule has 33 heavy (non-hydrogen) atoms. The molecular weight excluding hydrogens is 438 g/mol. The fourth-order valence-corrected chi connectivity index (χ4v) is 5.65. The Hall–Kier alpha value is -2.42. The van der Waals surface area contributed by atoms with Gasteiger partial charge in [-0.15, -0.1) is 0 Å². The number of benzene rings is 2. The Kier molecular flexibility index (Phi) is 8.88. The van der Waals surface area contributed by atoms with Crippen LogP contribution in [-0.4, -0.2) is 56.3 Å². The lowest BCUT2D eigenvalue weighted by Crippen LogP contribution is -2.35. The molecule has 0 unspecified atom stereocenters. The Morgan fingerprint density at radius 2 is 1.67 bits per heavy atom. The Morgan fingerprint density at radius 3 is 2.27 bits per heavy atom. The number of ether oxygens (including phenoxy) is 1. The molecule has 3 rings (SSSR count). The fraction of sp³-hybridized carbons (Fsp3) is 0.480. The Balaban J connectivity index is 1.79. The highest BCUT2D eigenvalue weighted by molar-refractivity contribution is 7.89. The van der Waals surface area contributed by atoms with E-state index in [1.165, 1.54) is 10.4 Å². The number of nitrogens with one attached hydrogen (secondary N) is 1. The topological polar surface area (TPSA) is 79.0 Å². The third kappa shape index (κ3) is 6.34. The van der Waals surface area contributed by atoms with Crippen LogP contribution in [0.2, 0.25) is 0 Å². The molecule has 0 atom stereocenters. The van der Waals surface area contributed by atoms with Gasteiger partial charge in [-0.1, -0.05) is 32.4 Å². The highest BCUT2D eigenvalue weighted by Crippen LogP contribution is 2.31. The van der Waals surface area contributed by atoms with Gasteiger partial charge in [0.2, 0.25) is 10.0 Å².